The number of carbonyl (C=O) groups excluding carboxylic acids is 2. The topological polar surface area (TPSA) is 86.8 Å². The van der Waals surface area contributed by atoms with Crippen molar-refractivity contribution in [2.45, 2.75) is 59.5 Å². The molecule has 0 aliphatic rings. The molecular formula is C26H36BrN3O4S. The molecule has 2 aromatic carbocycles. The van der Waals surface area contributed by atoms with Gasteiger partial charge in [0.15, 0.2) is 0 Å². The second kappa shape index (κ2) is 13.1. The summed E-state index contributed by atoms with van der Waals surface area (Å²) in [5.41, 5.74) is 3.44. The van der Waals surface area contributed by atoms with Crippen LogP contribution >= 0.6 is 15.9 Å². The minimum absolute atomic E-state index is 0.124. The number of sulfonamides is 1. The Balaban J connectivity index is 2.17. The van der Waals surface area contributed by atoms with Crippen LogP contribution in [0.5, 0.6) is 0 Å². The molecule has 0 aromatic heterocycles. The van der Waals surface area contributed by atoms with Gasteiger partial charge in [0.2, 0.25) is 21.8 Å². The largest absolute Gasteiger partial charge is 0.354 e. The number of nitrogens with one attached hydrogen (secondary N) is 1. The van der Waals surface area contributed by atoms with E-state index < -0.39 is 16.1 Å². The molecule has 35 heavy (non-hydrogen) atoms. The van der Waals surface area contributed by atoms with Gasteiger partial charge in [0.1, 0.15) is 6.04 Å². The molecular weight excluding hydrogens is 530 g/mol. The van der Waals surface area contributed by atoms with Crippen molar-refractivity contribution in [2.75, 3.05) is 23.7 Å². The van der Waals surface area contributed by atoms with Gasteiger partial charge in [-0.05, 0) is 74.6 Å². The van der Waals surface area contributed by atoms with Gasteiger partial charge in [-0.3, -0.25) is 13.9 Å². The fourth-order valence-corrected chi connectivity index (χ4v) is 5.08. The lowest BCUT2D eigenvalue weighted by Crippen LogP contribution is -2.47. The first-order valence-corrected chi connectivity index (χ1v) is 14.4. The fraction of sp³-hybridized carbons (Fsp3) is 0.462. The van der Waals surface area contributed by atoms with Crippen molar-refractivity contribution < 1.29 is 18.0 Å². The van der Waals surface area contributed by atoms with Crippen LogP contribution in [0.25, 0.3) is 0 Å². The van der Waals surface area contributed by atoms with Crippen LogP contribution in [0.1, 0.15) is 49.8 Å². The smallest absolute Gasteiger partial charge is 0.242 e. The predicted molar refractivity (Wildman–Crippen MR) is 145 cm³/mol. The van der Waals surface area contributed by atoms with Crippen LogP contribution in [0.2, 0.25) is 0 Å². The predicted octanol–water partition coefficient (Wildman–Crippen LogP) is 4.56. The number of benzene rings is 2. The Hall–Kier alpha value is -2.39. The second-order valence-electron chi connectivity index (χ2n) is 8.90. The highest BCUT2D eigenvalue weighted by molar-refractivity contribution is 9.10. The Morgan fingerprint density at radius 2 is 1.66 bits per heavy atom. The molecule has 9 heteroatoms. The molecule has 0 unspecified atom stereocenters. The van der Waals surface area contributed by atoms with Crippen molar-refractivity contribution in [3.05, 3.63) is 63.6 Å². The molecule has 0 aliphatic heterocycles. The number of amides is 2. The fourth-order valence-electron chi connectivity index (χ4n) is 3.86. The van der Waals surface area contributed by atoms with Gasteiger partial charge in [0.05, 0.1) is 11.9 Å². The van der Waals surface area contributed by atoms with Crippen molar-refractivity contribution in [2.24, 2.45) is 0 Å². The first-order valence-electron chi connectivity index (χ1n) is 11.8. The van der Waals surface area contributed by atoms with Crippen LogP contribution in [-0.4, -0.2) is 50.5 Å². The van der Waals surface area contributed by atoms with Crippen molar-refractivity contribution in [1.82, 2.24) is 10.2 Å². The summed E-state index contributed by atoms with van der Waals surface area (Å²) in [6.07, 6.45) is 2.43. The number of carbonyl (C=O) groups is 2. The molecule has 1 N–H and O–H groups in total. The highest BCUT2D eigenvalue weighted by atomic mass is 79.9. The zero-order chi connectivity index (χ0) is 26.2. The highest BCUT2D eigenvalue weighted by Crippen LogP contribution is 2.22. The van der Waals surface area contributed by atoms with E-state index in [-0.39, 0.29) is 24.8 Å². The van der Waals surface area contributed by atoms with Gasteiger partial charge in [-0.1, -0.05) is 41.1 Å². The third-order valence-corrected chi connectivity index (χ3v) is 7.35. The van der Waals surface area contributed by atoms with E-state index in [0.717, 1.165) is 27.6 Å². The van der Waals surface area contributed by atoms with Crippen LogP contribution < -0.4 is 9.62 Å². The van der Waals surface area contributed by atoms with Crippen LogP contribution in [0.4, 0.5) is 5.69 Å². The van der Waals surface area contributed by atoms with Crippen LogP contribution in [0.15, 0.2) is 46.9 Å². The molecule has 2 rings (SSSR count). The number of rotatable bonds is 12. The number of aryl methyl sites for hydroxylation is 2. The van der Waals surface area contributed by atoms with E-state index in [1.807, 2.05) is 63.2 Å². The summed E-state index contributed by atoms with van der Waals surface area (Å²) < 4.78 is 27.3. The minimum Gasteiger partial charge on any atom is -0.354 e. The summed E-state index contributed by atoms with van der Waals surface area (Å²) in [5, 5.41) is 2.86. The second-order valence-corrected chi connectivity index (χ2v) is 11.7. The maximum Gasteiger partial charge on any atom is 0.242 e. The number of anilines is 1. The third kappa shape index (κ3) is 8.96. The summed E-state index contributed by atoms with van der Waals surface area (Å²) in [6, 6.07) is 12.6. The van der Waals surface area contributed by atoms with E-state index in [9.17, 15) is 18.0 Å². The zero-order valence-corrected chi connectivity index (χ0v) is 23.6. The molecule has 0 saturated heterocycles. The number of nitrogens with zero attached hydrogens (tertiary/aromatic N) is 2. The standard InChI is InChI=1S/C26H36BrN3O4S/c1-6-13-28-26(32)21(4)29(18-22-9-11-23(27)12-10-22)25(31)8-7-14-30(35(5,33)34)24-16-19(2)15-20(3)17-24/h9-12,15-17,21H,6-8,13-14,18H2,1-5H3,(H,28,32)/t21-/m1/s1. The van der Waals surface area contributed by atoms with Gasteiger partial charge in [-0.2, -0.15) is 0 Å². The normalized spacial score (nSPS) is 12.2. The van der Waals surface area contributed by atoms with Gasteiger partial charge < -0.3 is 10.2 Å². The monoisotopic (exact) mass is 565 g/mol. The number of halogens is 1. The van der Waals surface area contributed by atoms with Gasteiger partial charge in [0.25, 0.3) is 0 Å². The zero-order valence-electron chi connectivity index (χ0n) is 21.2. The molecule has 0 saturated carbocycles. The van der Waals surface area contributed by atoms with Gasteiger partial charge in [0, 0.05) is 30.5 Å². The summed E-state index contributed by atoms with van der Waals surface area (Å²) >= 11 is 3.41. The summed E-state index contributed by atoms with van der Waals surface area (Å²) in [6.45, 7) is 8.55. The molecule has 7 nitrogen and oxygen atoms in total. The van der Waals surface area contributed by atoms with Crippen LogP contribution in [0, 0.1) is 13.8 Å². The Morgan fingerprint density at radius 3 is 2.20 bits per heavy atom. The van der Waals surface area contributed by atoms with E-state index in [4.69, 9.17) is 0 Å². The average molecular weight is 567 g/mol. The Bertz CT molecular complexity index is 1100. The maximum absolute atomic E-state index is 13.3. The SMILES string of the molecule is CCCNC(=O)[C@@H](C)N(Cc1ccc(Br)cc1)C(=O)CCCN(c1cc(C)cc(C)c1)S(C)(=O)=O. The lowest BCUT2D eigenvalue weighted by molar-refractivity contribution is -0.140. The molecule has 2 aromatic rings. The van der Waals surface area contributed by atoms with Crippen molar-refractivity contribution in [1.29, 1.82) is 0 Å². The molecule has 192 valence electrons. The molecule has 2 amide bonds. The summed E-state index contributed by atoms with van der Waals surface area (Å²) in [5.74, 6) is -0.397. The first kappa shape index (κ1) is 28.8. The molecule has 0 spiro atoms. The summed E-state index contributed by atoms with van der Waals surface area (Å²) in [7, 11) is -3.52. The van der Waals surface area contributed by atoms with Crippen LogP contribution in [-0.2, 0) is 26.2 Å². The maximum atomic E-state index is 13.3. The van der Waals surface area contributed by atoms with E-state index in [1.165, 1.54) is 10.6 Å². The quantitative estimate of drug-likeness (QED) is 0.408. The van der Waals surface area contributed by atoms with Crippen molar-refractivity contribution in [3.63, 3.8) is 0 Å². The van der Waals surface area contributed by atoms with E-state index in [1.54, 1.807) is 11.8 Å². The molecule has 0 heterocycles. The Kier molecular flexibility index (Phi) is 10.8. The number of hydrogen-bond acceptors (Lipinski definition) is 4. The van der Waals surface area contributed by atoms with Gasteiger partial charge in [-0.15, -0.1) is 0 Å². The molecule has 0 aliphatic carbocycles. The molecule has 1 atom stereocenters. The highest BCUT2D eigenvalue weighted by Gasteiger charge is 2.26. The molecule has 0 fully saturated rings. The lowest BCUT2D eigenvalue weighted by Gasteiger charge is -2.29. The lowest BCUT2D eigenvalue weighted by atomic mass is 10.1. The Morgan fingerprint density at radius 1 is 1.06 bits per heavy atom. The first-order chi connectivity index (χ1) is 16.4. The van der Waals surface area contributed by atoms with Crippen molar-refractivity contribution in [3.8, 4) is 0 Å². The van der Waals surface area contributed by atoms with Crippen LogP contribution in [0.3, 0.4) is 0 Å². The summed E-state index contributed by atoms with van der Waals surface area (Å²) in [4.78, 5) is 27.5. The number of hydrogen-bond donors (Lipinski definition) is 1. The van der Waals surface area contributed by atoms with Gasteiger partial charge >= 0.3 is 0 Å². The third-order valence-electron chi connectivity index (χ3n) is 5.63. The average Bonchev–Trinajstić information content (AvgIpc) is 2.77. The molecule has 0 radical (unpaired) electrons. The molecule has 0 bridgehead atoms. The Labute approximate surface area is 218 Å². The van der Waals surface area contributed by atoms with E-state index in [2.05, 4.69) is 21.2 Å². The van der Waals surface area contributed by atoms with E-state index >= 15 is 0 Å². The van der Waals surface area contributed by atoms with Gasteiger partial charge in [-0.25, -0.2) is 8.42 Å². The van der Waals surface area contributed by atoms with Crippen molar-refractivity contribution >= 4 is 43.5 Å². The van der Waals surface area contributed by atoms with E-state index in [0.29, 0.717) is 25.2 Å². The minimum atomic E-state index is -3.52.